The van der Waals surface area contributed by atoms with Crippen molar-refractivity contribution in [3.05, 3.63) is 23.3 Å². The molecule has 0 aromatic heterocycles. The van der Waals surface area contributed by atoms with Crippen LogP contribution in [0.15, 0.2) is 23.3 Å². The Morgan fingerprint density at radius 2 is 2.24 bits per heavy atom. The highest BCUT2D eigenvalue weighted by Crippen LogP contribution is 2.51. The number of allylic oxidation sites excluding steroid dienone is 4. The first-order chi connectivity index (χ1) is 7.99. The van der Waals surface area contributed by atoms with Gasteiger partial charge < -0.3 is 0 Å². The van der Waals surface area contributed by atoms with Gasteiger partial charge in [-0.25, -0.2) is 0 Å². The topological polar surface area (TPSA) is 17.1 Å². The first kappa shape index (κ1) is 12.6. The fourth-order valence-corrected chi connectivity index (χ4v) is 3.51. The minimum absolute atomic E-state index is 0.127. The molecule has 0 aromatic rings. The highest BCUT2D eigenvalue weighted by Gasteiger charge is 2.45. The zero-order valence-electron chi connectivity index (χ0n) is 11.5. The first-order valence-electron chi connectivity index (χ1n) is 6.85. The minimum Gasteiger partial charge on any atom is -0.295 e. The summed E-state index contributed by atoms with van der Waals surface area (Å²) in [5.74, 6) is 1.51. The van der Waals surface area contributed by atoms with Gasteiger partial charge in [-0.05, 0) is 55.9 Å². The zero-order valence-corrected chi connectivity index (χ0v) is 11.5. The van der Waals surface area contributed by atoms with E-state index in [0.29, 0.717) is 17.6 Å². The fourth-order valence-electron chi connectivity index (χ4n) is 3.51. The molecule has 17 heavy (non-hydrogen) atoms. The van der Waals surface area contributed by atoms with Crippen LogP contribution in [0.2, 0.25) is 0 Å². The standard InChI is InChI=1S/C16H24O/c1-5-11(2)13-9-15(17)14-8-6-7-12(3)16(14,4)10-13/h5,8,12-13H,6-7,9-10H2,1-4H3/b11-5+. The Hall–Kier alpha value is -0.850. The van der Waals surface area contributed by atoms with Crippen molar-refractivity contribution in [2.24, 2.45) is 17.3 Å². The molecule has 1 saturated carbocycles. The monoisotopic (exact) mass is 232 g/mol. The molecule has 1 heteroatoms. The summed E-state index contributed by atoms with van der Waals surface area (Å²) in [5.41, 5.74) is 2.65. The van der Waals surface area contributed by atoms with Gasteiger partial charge in [0.2, 0.25) is 0 Å². The number of carbonyl (C=O) groups excluding carboxylic acids is 1. The predicted octanol–water partition coefficient (Wildman–Crippen LogP) is 4.29. The fraction of sp³-hybridized carbons (Fsp3) is 0.688. The van der Waals surface area contributed by atoms with E-state index in [-0.39, 0.29) is 5.41 Å². The second-order valence-corrected chi connectivity index (χ2v) is 6.07. The molecule has 0 radical (unpaired) electrons. The van der Waals surface area contributed by atoms with Gasteiger partial charge in [-0.1, -0.05) is 31.6 Å². The second kappa shape index (κ2) is 4.44. The summed E-state index contributed by atoms with van der Waals surface area (Å²) in [6, 6.07) is 0. The molecule has 3 atom stereocenters. The van der Waals surface area contributed by atoms with Gasteiger partial charge in [-0.3, -0.25) is 4.79 Å². The Bertz CT molecular complexity index is 388. The first-order valence-corrected chi connectivity index (χ1v) is 6.85. The predicted molar refractivity (Wildman–Crippen MR) is 71.8 cm³/mol. The summed E-state index contributed by atoms with van der Waals surface area (Å²) in [5, 5.41) is 0. The van der Waals surface area contributed by atoms with Crippen LogP contribution in [0.1, 0.15) is 53.4 Å². The maximum absolute atomic E-state index is 12.3. The average Bonchev–Trinajstić information content (AvgIpc) is 2.30. The average molecular weight is 232 g/mol. The van der Waals surface area contributed by atoms with Crippen LogP contribution in [-0.2, 0) is 4.79 Å². The normalized spacial score (nSPS) is 38.7. The van der Waals surface area contributed by atoms with Gasteiger partial charge in [0.1, 0.15) is 0 Å². The number of hydrogen-bond acceptors (Lipinski definition) is 1. The minimum atomic E-state index is 0.127. The molecule has 0 heterocycles. The highest BCUT2D eigenvalue weighted by atomic mass is 16.1. The van der Waals surface area contributed by atoms with Gasteiger partial charge in [0.05, 0.1) is 0 Å². The number of hydrogen-bond donors (Lipinski definition) is 0. The Morgan fingerprint density at radius 1 is 1.53 bits per heavy atom. The van der Waals surface area contributed by atoms with E-state index in [1.165, 1.54) is 12.0 Å². The largest absolute Gasteiger partial charge is 0.295 e. The maximum Gasteiger partial charge on any atom is 0.159 e. The number of ketones is 1. The third kappa shape index (κ3) is 2.00. The number of fused-ring (bicyclic) bond motifs is 1. The summed E-state index contributed by atoms with van der Waals surface area (Å²) in [7, 11) is 0. The van der Waals surface area contributed by atoms with E-state index < -0.39 is 0 Å². The molecule has 1 fully saturated rings. The molecule has 0 amide bonds. The van der Waals surface area contributed by atoms with Crippen LogP contribution < -0.4 is 0 Å². The Morgan fingerprint density at radius 3 is 2.88 bits per heavy atom. The van der Waals surface area contributed by atoms with Gasteiger partial charge >= 0.3 is 0 Å². The number of carbonyl (C=O) groups is 1. The van der Waals surface area contributed by atoms with Crippen LogP contribution in [0.25, 0.3) is 0 Å². The van der Waals surface area contributed by atoms with Crippen molar-refractivity contribution in [1.82, 2.24) is 0 Å². The van der Waals surface area contributed by atoms with Crippen molar-refractivity contribution >= 4 is 5.78 Å². The Labute approximate surface area is 105 Å². The highest BCUT2D eigenvalue weighted by molar-refractivity contribution is 5.98. The number of rotatable bonds is 1. The SMILES string of the molecule is C/C=C(\C)C1CC(=O)C2=CCCC(C)C2(C)C1. The van der Waals surface area contributed by atoms with E-state index in [1.54, 1.807) is 0 Å². The van der Waals surface area contributed by atoms with Crippen molar-refractivity contribution in [1.29, 1.82) is 0 Å². The van der Waals surface area contributed by atoms with Gasteiger partial charge in [-0.15, -0.1) is 0 Å². The lowest BCUT2D eigenvalue weighted by molar-refractivity contribution is -0.120. The lowest BCUT2D eigenvalue weighted by Crippen LogP contribution is -2.40. The molecule has 94 valence electrons. The van der Waals surface area contributed by atoms with Crippen LogP contribution in [0.5, 0.6) is 0 Å². The van der Waals surface area contributed by atoms with E-state index in [2.05, 4.69) is 39.8 Å². The third-order valence-electron chi connectivity index (χ3n) is 5.15. The van der Waals surface area contributed by atoms with E-state index >= 15 is 0 Å². The summed E-state index contributed by atoms with van der Waals surface area (Å²) in [6.07, 6.45) is 8.58. The van der Waals surface area contributed by atoms with Gasteiger partial charge in [-0.2, -0.15) is 0 Å². The molecule has 0 aliphatic heterocycles. The Kier molecular flexibility index (Phi) is 3.29. The quantitative estimate of drug-likeness (QED) is 0.616. The molecule has 0 bridgehead atoms. The molecule has 0 spiro atoms. The van der Waals surface area contributed by atoms with Crippen LogP contribution in [-0.4, -0.2) is 5.78 Å². The van der Waals surface area contributed by atoms with Gasteiger partial charge in [0, 0.05) is 6.42 Å². The van der Waals surface area contributed by atoms with E-state index in [4.69, 9.17) is 0 Å². The zero-order chi connectivity index (χ0) is 12.6. The molecule has 2 rings (SSSR count). The van der Waals surface area contributed by atoms with Crippen molar-refractivity contribution in [3.8, 4) is 0 Å². The molecular weight excluding hydrogens is 208 g/mol. The third-order valence-corrected chi connectivity index (χ3v) is 5.15. The van der Waals surface area contributed by atoms with E-state index in [1.807, 2.05) is 0 Å². The van der Waals surface area contributed by atoms with Crippen molar-refractivity contribution in [2.75, 3.05) is 0 Å². The van der Waals surface area contributed by atoms with Crippen LogP contribution in [0, 0.1) is 17.3 Å². The van der Waals surface area contributed by atoms with Gasteiger partial charge in [0.15, 0.2) is 5.78 Å². The van der Waals surface area contributed by atoms with Crippen LogP contribution in [0.4, 0.5) is 0 Å². The van der Waals surface area contributed by atoms with E-state index in [0.717, 1.165) is 24.8 Å². The molecule has 2 aliphatic carbocycles. The van der Waals surface area contributed by atoms with Crippen molar-refractivity contribution < 1.29 is 4.79 Å². The molecule has 0 aromatic carbocycles. The summed E-state index contributed by atoms with van der Waals surface area (Å²) in [4.78, 5) is 12.3. The molecule has 3 unspecified atom stereocenters. The lowest BCUT2D eigenvalue weighted by Gasteiger charge is -2.46. The van der Waals surface area contributed by atoms with E-state index in [9.17, 15) is 4.79 Å². The maximum atomic E-state index is 12.3. The van der Waals surface area contributed by atoms with Crippen LogP contribution in [0.3, 0.4) is 0 Å². The van der Waals surface area contributed by atoms with Crippen molar-refractivity contribution in [3.63, 3.8) is 0 Å². The second-order valence-electron chi connectivity index (χ2n) is 6.07. The van der Waals surface area contributed by atoms with Crippen LogP contribution >= 0.6 is 0 Å². The Balaban J connectivity index is 2.35. The molecule has 0 N–H and O–H groups in total. The molecule has 1 nitrogen and oxygen atoms in total. The summed E-state index contributed by atoms with van der Waals surface area (Å²) in [6.45, 7) is 8.87. The lowest BCUT2D eigenvalue weighted by atomic mass is 9.57. The van der Waals surface area contributed by atoms with Crippen molar-refractivity contribution in [2.45, 2.75) is 53.4 Å². The van der Waals surface area contributed by atoms with Gasteiger partial charge in [0.25, 0.3) is 0 Å². The summed E-state index contributed by atoms with van der Waals surface area (Å²) >= 11 is 0. The number of Topliss-reactive ketones (excluding diaryl/α,β-unsaturated/α-hetero) is 1. The molecular formula is C16H24O. The molecule has 2 aliphatic rings. The molecule has 0 saturated heterocycles. The smallest absolute Gasteiger partial charge is 0.159 e. The summed E-state index contributed by atoms with van der Waals surface area (Å²) < 4.78 is 0.